The third-order valence-electron chi connectivity index (χ3n) is 5.34. The number of ether oxygens (including phenoxy) is 1. The van der Waals surface area contributed by atoms with Gasteiger partial charge >= 0.3 is 0 Å². The van der Waals surface area contributed by atoms with Gasteiger partial charge in [-0.2, -0.15) is 4.98 Å². The summed E-state index contributed by atoms with van der Waals surface area (Å²) in [5.41, 5.74) is 8.21. The number of carbonyl (C=O) groups is 1. The summed E-state index contributed by atoms with van der Waals surface area (Å²) in [7, 11) is -0.434. The van der Waals surface area contributed by atoms with Crippen molar-refractivity contribution >= 4 is 39.1 Å². The first-order valence-corrected chi connectivity index (χ1v) is 11.8. The highest BCUT2D eigenvalue weighted by Gasteiger charge is 2.21. The Morgan fingerprint density at radius 2 is 1.88 bits per heavy atom. The number of primary amides is 1. The summed E-state index contributed by atoms with van der Waals surface area (Å²) in [6.07, 6.45) is 0.908. The van der Waals surface area contributed by atoms with Crippen molar-refractivity contribution < 1.29 is 17.9 Å². The molecular formula is C21H24N8O4S. The SMILES string of the molecule is COc1cc2c(cc1Nc1nnc(C(N)=O)c(Nc3ccccc3S(N)(=O)=O)n1)CN(C)CC2. The van der Waals surface area contributed by atoms with E-state index in [-0.39, 0.29) is 28.0 Å². The summed E-state index contributed by atoms with van der Waals surface area (Å²) < 4.78 is 29.4. The molecule has 0 fully saturated rings. The molecule has 3 aromatic rings. The van der Waals surface area contributed by atoms with E-state index in [0.717, 1.165) is 25.1 Å². The monoisotopic (exact) mass is 484 g/mol. The molecule has 1 aliphatic heterocycles. The van der Waals surface area contributed by atoms with Crippen LogP contribution >= 0.6 is 0 Å². The molecule has 0 unspecified atom stereocenters. The number of nitrogens with zero attached hydrogens (tertiary/aromatic N) is 4. The van der Waals surface area contributed by atoms with Crippen molar-refractivity contribution in [3.05, 3.63) is 53.2 Å². The second-order valence-electron chi connectivity index (χ2n) is 7.80. The number of aromatic nitrogens is 3. The number of benzene rings is 2. The molecule has 0 saturated heterocycles. The number of methoxy groups -OCH3 is 1. The van der Waals surface area contributed by atoms with E-state index in [0.29, 0.717) is 11.4 Å². The Labute approximate surface area is 196 Å². The fourth-order valence-corrected chi connectivity index (χ4v) is 4.39. The molecule has 34 heavy (non-hydrogen) atoms. The number of anilines is 4. The number of rotatable bonds is 7. The van der Waals surface area contributed by atoms with E-state index in [9.17, 15) is 13.2 Å². The van der Waals surface area contributed by atoms with E-state index in [1.54, 1.807) is 13.2 Å². The third kappa shape index (κ3) is 4.90. The van der Waals surface area contributed by atoms with Crippen LogP contribution in [0.5, 0.6) is 5.75 Å². The van der Waals surface area contributed by atoms with Gasteiger partial charge in [-0.15, -0.1) is 10.2 Å². The Kier molecular flexibility index (Phi) is 6.32. The van der Waals surface area contributed by atoms with Gasteiger partial charge in [-0.3, -0.25) is 4.79 Å². The average Bonchev–Trinajstić information content (AvgIpc) is 2.78. The van der Waals surface area contributed by atoms with Crippen LogP contribution in [0.2, 0.25) is 0 Å². The second kappa shape index (κ2) is 9.21. The second-order valence-corrected chi connectivity index (χ2v) is 9.33. The van der Waals surface area contributed by atoms with Gasteiger partial charge < -0.3 is 26.0 Å². The Morgan fingerprint density at radius 3 is 2.59 bits per heavy atom. The lowest BCUT2D eigenvalue weighted by atomic mass is 9.99. The Morgan fingerprint density at radius 1 is 1.12 bits per heavy atom. The van der Waals surface area contributed by atoms with E-state index in [4.69, 9.17) is 15.6 Å². The Hall–Kier alpha value is -3.81. The lowest BCUT2D eigenvalue weighted by Gasteiger charge is -2.26. The average molecular weight is 485 g/mol. The lowest BCUT2D eigenvalue weighted by Crippen LogP contribution is -2.26. The highest BCUT2D eigenvalue weighted by Crippen LogP contribution is 2.33. The van der Waals surface area contributed by atoms with Gasteiger partial charge in [-0.25, -0.2) is 13.6 Å². The predicted molar refractivity (Wildman–Crippen MR) is 126 cm³/mol. The first-order chi connectivity index (χ1) is 16.2. The van der Waals surface area contributed by atoms with Crippen LogP contribution in [0.3, 0.4) is 0 Å². The predicted octanol–water partition coefficient (Wildman–Crippen LogP) is 1.10. The van der Waals surface area contributed by atoms with Crippen molar-refractivity contribution in [3.63, 3.8) is 0 Å². The van der Waals surface area contributed by atoms with Crippen LogP contribution in [0, 0.1) is 0 Å². The molecule has 2 heterocycles. The Balaban J connectivity index is 1.72. The van der Waals surface area contributed by atoms with E-state index >= 15 is 0 Å². The van der Waals surface area contributed by atoms with Crippen LogP contribution in [0.25, 0.3) is 0 Å². The summed E-state index contributed by atoms with van der Waals surface area (Å²) in [5, 5.41) is 19.0. The van der Waals surface area contributed by atoms with Gasteiger partial charge in [-0.1, -0.05) is 12.1 Å². The number of likely N-dealkylation sites (N-methyl/N-ethyl adjacent to an activating group) is 1. The highest BCUT2D eigenvalue weighted by atomic mass is 32.2. The molecule has 0 atom stereocenters. The third-order valence-corrected chi connectivity index (χ3v) is 6.31. The maximum Gasteiger partial charge on any atom is 0.273 e. The first-order valence-electron chi connectivity index (χ1n) is 10.2. The quantitative estimate of drug-likeness (QED) is 0.379. The minimum atomic E-state index is -4.05. The Bertz CT molecular complexity index is 1360. The molecule has 6 N–H and O–H groups in total. The standard InChI is InChI=1S/C21H24N8O4S/c1-29-8-7-12-10-16(33-2)15(9-13(12)11-29)25-21-26-20(18(19(22)30)27-28-21)24-14-5-3-4-6-17(14)34(23,31)32/h3-6,9-10H,7-8,11H2,1-2H3,(H2,22,30)(H2,23,31,32)(H2,24,25,26,28). The number of nitrogens with one attached hydrogen (secondary N) is 2. The molecule has 12 nitrogen and oxygen atoms in total. The van der Waals surface area contributed by atoms with Crippen molar-refractivity contribution in [2.75, 3.05) is 31.3 Å². The first kappa shape index (κ1) is 23.4. The van der Waals surface area contributed by atoms with E-state index in [2.05, 4.69) is 30.7 Å². The van der Waals surface area contributed by atoms with Crippen molar-refractivity contribution in [2.24, 2.45) is 10.9 Å². The van der Waals surface area contributed by atoms with Crippen molar-refractivity contribution in [1.82, 2.24) is 20.1 Å². The zero-order valence-corrected chi connectivity index (χ0v) is 19.4. The van der Waals surface area contributed by atoms with Crippen LogP contribution < -0.4 is 26.2 Å². The van der Waals surface area contributed by atoms with Gasteiger partial charge in [0.25, 0.3) is 5.91 Å². The number of para-hydroxylation sites is 1. The van der Waals surface area contributed by atoms with Gasteiger partial charge in [0.15, 0.2) is 11.5 Å². The zero-order valence-electron chi connectivity index (χ0n) is 18.6. The summed E-state index contributed by atoms with van der Waals surface area (Å²) in [5.74, 6) is -0.336. The van der Waals surface area contributed by atoms with Crippen molar-refractivity contribution in [2.45, 2.75) is 17.9 Å². The molecule has 0 spiro atoms. The number of amides is 1. The number of sulfonamides is 1. The van der Waals surface area contributed by atoms with Gasteiger partial charge in [0.2, 0.25) is 16.0 Å². The topological polar surface area (TPSA) is 178 Å². The molecule has 0 radical (unpaired) electrons. The number of hydrogen-bond acceptors (Lipinski definition) is 10. The number of primary sulfonamides is 1. The largest absolute Gasteiger partial charge is 0.495 e. The number of carbonyl (C=O) groups excluding carboxylic acids is 1. The van der Waals surface area contributed by atoms with Gasteiger partial charge in [0.1, 0.15) is 10.6 Å². The molecule has 1 aliphatic rings. The van der Waals surface area contributed by atoms with Gasteiger partial charge in [0.05, 0.1) is 18.5 Å². The highest BCUT2D eigenvalue weighted by molar-refractivity contribution is 7.89. The normalized spacial score (nSPS) is 13.7. The maximum atomic E-state index is 11.9. The van der Waals surface area contributed by atoms with E-state index in [1.807, 2.05) is 19.2 Å². The molecule has 13 heteroatoms. The molecular weight excluding hydrogens is 460 g/mol. The van der Waals surface area contributed by atoms with Crippen molar-refractivity contribution in [3.8, 4) is 5.75 Å². The smallest absolute Gasteiger partial charge is 0.273 e. The lowest BCUT2D eigenvalue weighted by molar-refractivity contribution is 0.0995. The minimum Gasteiger partial charge on any atom is -0.495 e. The van der Waals surface area contributed by atoms with E-state index in [1.165, 1.54) is 23.8 Å². The maximum absolute atomic E-state index is 11.9. The van der Waals surface area contributed by atoms with Crippen LogP contribution in [0.4, 0.5) is 23.1 Å². The molecule has 1 aromatic heterocycles. The fourth-order valence-electron chi connectivity index (χ4n) is 3.69. The zero-order chi connectivity index (χ0) is 24.5. The molecule has 0 saturated carbocycles. The molecule has 0 aliphatic carbocycles. The van der Waals surface area contributed by atoms with Crippen LogP contribution in [-0.2, 0) is 23.0 Å². The van der Waals surface area contributed by atoms with Gasteiger partial charge in [-0.05, 0) is 48.9 Å². The molecule has 178 valence electrons. The van der Waals surface area contributed by atoms with Gasteiger partial charge in [0, 0.05) is 13.1 Å². The van der Waals surface area contributed by atoms with Crippen LogP contribution in [0.1, 0.15) is 21.6 Å². The number of nitrogens with two attached hydrogens (primary N) is 2. The molecule has 1 amide bonds. The van der Waals surface area contributed by atoms with Crippen LogP contribution in [0.15, 0.2) is 41.3 Å². The summed E-state index contributed by atoms with van der Waals surface area (Å²) in [6.45, 7) is 1.74. The molecule has 4 rings (SSSR count). The number of fused-ring (bicyclic) bond motifs is 1. The van der Waals surface area contributed by atoms with E-state index < -0.39 is 15.9 Å². The summed E-state index contributed by atoms with van der Waals surface area (Å²) in [4.78, 5) is 18.2. The minimum absolute atomic E-state index is 0.0444. The summed E-state index contributed by atoms with van der Waals surface area (Å²) in [6, 6.07) is 9.84. The molecule has 0 bridgehead atoms. The fraction of sp³-hybridized carbons (Fsp3) is 0.238. The van der Waals surface area contributed by atoms with Crippen LogP contribution in [-0.4, -0.2) is 55.1 Å². The summed E-state index contributed by atoms with van der Waals surface area (Å²) >= 11 is 0. The molecule has 2 aromatic carbocycles. The van der Waals surface area contributed by atoms with Crippen molar-refractivity contribution in [1.29, 1.82) is 0 Å². The number of hydrogen-bond donors (Lipinski definition) is 4.